The van der Waals surface area contributed by atoms with Gasteiger partial charge < -0.3 is 0 Å². The van der Waals surface area contributed by atoms with Crippen LogP contribution in [0.15, 0.2) is 78.9 Å². The third kappa shape index (κ3) is 3.44. The van der Waals surface area contributed by atoms with Gasteiger partial charge in [-0.2, -0.15) is 0 Å². The highest BCUT2D eigenvalue weighted by molar-refractivity contribution is 6.23. The summed E-state index contributed by atoms with van der Waals surface area (Å²) in [5.41, 5.74) is 2.97. The van der Waals surface area contributed by atoms with E-state index in [1.54, 1.807) is 5.06 Å². The van der Waals surface area contributed by atoms with Crippen molar-refractivity contribution in [3.05, 3.63) is 100 Å². The highest BCUT2D eigenvalue weighted by Gasteiger charge is 2.60. The molecule has 8 heteroatoms. The number of amides is 2. The van der Waals surface area contributed by atoms with Crippen molar-refractivity contribution >= 4 is 28.9 Å². The molecule has 8 nitrogen and oxygen atoms in total. The minimum absolute atomic E-state index is 0.113. The number of anilines is 2. The zero-order chi connectivity index (χ0) is 23.1. The minimum Gasteiger partial charge on any atom is -0.273 e. The van der Waals surface area contributed by atoms with Crippen molar-refractivity contribution in [3.8, 4) is 0 Å². The predicted molar refractivity (Wildman–Crippen MR) is 121 cm³/mol. The number of carbonyl (C=O) groups excluding carboxylic acids is 2. The van der Waals surface area contributed by atoms with Gasteiger partial charge in [0.1, 0.15) is 5.92 Å². The van der Waals surface area contributed by atoms with Gasteiger partial charge in [0.2, 0.25) is 5.91 Å². The fourth-order valence-electron chi connectivity index (χ4n) is 4.48. The molecule has 0 aliphatic carbocycles. The van der Waals surface area contributed by atoms with Crippen LogP contribution in [0.5, 0.6) is 0 Å². The van der Waals surface area contributed by atoms with E-state index >= 15 is 0 Å². The number of nitro groups is 1. The molecule has 0 unspecified atom stereocenters. The molecular weight excluding hydrogens is 422 g/mol. The predicted octanol–water partition coefficient (Wildman–Crippen LogP) is 4.21. The maximum atomic E-state index is 13.6. The molecule has 166 valence electrons. The lowest BCUT2D eigenvalue weighted by Gasteiger charge is -2.28. The van der Waals surface area contributed by atoms with Gasteiger partial charge in [-0.3, -0.25) is 24.5 Å². The fraction of sp³-hybridized carbons (Fsp3) is 0.200. The van der Waals surface area contributed by atoms with Crippen molar-refractivity contribution in [3.63, 3.8) is 0 Å². The van der Waals surface area contributed by atoms with Crippen LogP contribution in [-0.2, 0) is 20.8 Å². The highest BCUT2D eigenvalue weighted by Crippen LogP contribution is 2.47. The van der Waals surface area contributed by atoms with Crippen LogP contribution in [0.4, 0.5) is 17.1 Å². The monoisotopic (exact) mass is 443 g/mol. The first kappa shape index (κ1) is 20.8. The molecule has 0 N–H and O–H groups in total. The molecule has 33 heavy (non-hydrogen) atoms. The average Bonchev–Trinajstić information content (AvgIpc) is 3.35. The molecule has 3 aromatic rings. The number of nitro benzene ring substituents is 1. The van der Waals surface area contributed by atoms with E-state index in [0.29, 0.717) is 5.69 Å². The van der Waals surface area contributed by atoms with Gasteiger partial charge in [-0.15, -0.1) is 0 Å². The Labute approximate surface area is 190 Å². The van der Waals surface area contributed by atoms with Crippen LogP contribution in [0, 0.1) is 16.0 Å². The molecule has 2 heterocycles. The van der Waals surface area contributed by atoms with E-state index in [4.69, 9.17) is 4.84 Å². The Morgan fingerprint density at radius 2 is 1.55 bits per heavy atom. The lowest BCUT2D eigenvalue weighted by Crippen LogP contribution is -2.37. The Morgan fingerprint density at radius 3 is 2.15 bits per heavy atom. The molecule has 3 aromatic carbocycles. The van der Waals surface area contributed by atoms with Crippen LogP contribution in [0.1, 0.15) is 24.1 Å². The smallest absolute Gasteiger partial charge is 0.269 e. The SMILES string of the molecule is CCc1ccc([C@@H]2[C@H]3C(=O)N(c4ccc([N+](=O)[O-])cc4)C(=O)[C@H]3ON2c2ccccc2)cc1. The van der Waals surface area contributed by atoms with E-state index in [0.717, 1.165) is 22.6 Å². The third-order valence-corrected chi connectivity index (χ3v) is 6.17. The normalized spacial score (nSPS) is 22.0. The summed E-state index contributed by atoms with van der Waals surface area (Å²) in [5, 5.41) is 12.6. The van der Waals surface area contributed by atoms with E-state index in [9.17, 15) is 19.7 Å². The molecule has 2 aliphatic heterocycles. The Hall–Kier alpha value is -4.04. The number of rotatable bonds is 5. The molecule has 0 aromatic heterocycles. The van der Waals surface area contributed by atoms with Crippen LogP contribution in [-0.4, -0.2) is 22.8 Å². The van der Waals surface area contributed by atoms with Crippen LogP contribution in [0.2, 0.25) is 0 Å². The van der Waals surface area contributed by atoms with E-state index in [1.165, 1.54) is 29.8 Å². The number of nitrogens with zero attached hydrogens (tertiary/aromatic N) is 3. The number of imide groups is 1. The largest absolute Gasteiger partial charge is 0.273 e. The maximum Gasteiger partial charge on any atom is 0.269 e. The number of para-hydroxylation sites is 1. The zero-order valence-electron chi connectivity index (χ0n) is 17.8. The van der Waals surface area contributed by atoms with Crippen molar-refractivity contribution < 1.29 is 19.3 Å². The minimum atomic E-state index is -0.983. The fourth-order valence-corrected chi connectivity index (χ4v) is 4.48. The van der Waals surface area contributed by atoms with Gasteiger partial charge in [0.25, 0.3) is 11.6 Å². The molecule has 0 bridgehead atoms. The first-order valence-corrected chi connectivity index (χ1v) is 10.7. The van der Waals surface area contributed by atoms with Crippen molar-refractivity contribution in [1.29, 1.82) is 0 Å². The number of carbonyl (C=O) groups is 2. The second kappa shape index (κ2) is 8.14. The quantitative estimate of drug-likeness (QED) is 0.333. The van der Waals surface area contributed by atoms with Gasteiger partial charge in [-0.05, 0) is 41.8 Å². The highest BCUT2D eigenvalue weighted by atomic mass is 16.7. The number of benzene rings is 3. The number of non-ortho nitro benzene ring substituents is 1. The molecule has 3 atom stereocenters. The second-order valence-corrected chi connectivity index (χ2v) is 8.04. The molecule has 0 saturated carbocycles. The number of hydrogen-bond donors (Lipinski definition) is 0. The summed E-state index contributed by atoms with van der Waals surface area (Å²) < 4.78 is 0. The summed E-state index contributed by atoms with van der Waals surface area (Å²) >= 11 is 0. The van der Waals surface area contributed by atoms with E-state index in [1.807, 2.05) is 54.6 Å². The number of hydroxylamine groups is 1. The van der Waals surface area contributed by atoms with E-state index < -0.39 is 28.9 Å². The molecule has 0 radical (unpaired) electrons. The number of hydrogen-bond acceptors (Lipinski definition) is 6. The first-order chi connectivity index (χ1) is 16.0. The van der Waals surface area contributed by atoms with E-state index in [2.05, 4.69) is 6.92 Å². The molecule has 2 amide bonds. The summed E-state index contributed by atoms with van der Waals surface area (Å²) in [6, 6.07) is 22.2. The average molecular weight is 443 g/mol. The molecule has 0 spiro atoms. The van der Waals surface area contributed by atoms with Crippen LogP contribution < -0.4 is 9.96 Å². The van der Waals surface area contributed by atoms with Crippen LogP contribution >= 0.6 is 0 Å². The standard InChI is InChI=1S/C25H21N3O5/c1-2-16-8-10-17(11-9-16)22-21-23(33-27(22)19-6-4-3-5-7-19)25(30)26(24(21)29)18-12-14-20(15-13-18)28(31)32/h3-15,21-23H,2H2,1H3/t21-,22-,23+/m1/s1. The Morgan fingerprint density at radius 1 is 0.879 bits per heavy atom. The van der Waals surface area contributed by atoms with Crippen molar-refractivity contribution in [2.24, 2.45) is 5.92 Å². The first-order valence-electron chi connectivity index (χ1n) is 10.7. The number of fused-ring (bicyclic) bond motifs is 1. The number of aryl methyl sites for hydroxylation is 1. The topological polar surface area (TPSA) is 93.0 Å². The van der Waals surface area contributed by atoms with Gasteiger partial charge in [0, 0.05) is 12.1 Å². The zero-order valence-corrected chi connectivity index (χ0v) is 17.8. The summed E-state index contributed by atoms with van der Waals surface area (Å²) in [6.45, 7) is 2.07. The molecule has 2 fully saturated rings. The van der Waals surface area contributed by atoms with E-state index in [-0.39, 0.29) is 11.6 Å². The summed E-state index contributed by atoms with van der Waals surface area (Å²) in [4.78, 5) is 44.5. The maximum absolute atomic E-state index is 13.6. The lowest BCUT2D eigenvalue weighted by molar-refractivity contribution is -0.384. The second-order valence-electron chi connectivity index (χ2n) is 8.04. The summed E-state index contributed by atoms with van der Waals surface area (Å²) in [6.07, 6.45) is -0.0925. The lowest BCUT2D eigenvalue weighted by atomic mass is 9.90. The molecular formula is C25H21N3O5. The Kier molecular flexibility index (Phi) is 5.14. The molecule has 5 rings (SSSR count). The van der Waals surface area contributed by atoms with Gasteiger partial charge >= 0.3 is 0 Å². The van der Waals surface area contributed by atoms with Crippen LogP contribution in [0.25, 0.3) is 0 Å². The summed E-state index contributed by atoms with van der Waals surface area (Å²) in [5.74, 6) is -1.62. The van der Waals surface area contributed by atoms with Crippen molar-refractivity contribution in [2.75, 3.05) is 9.96 Å². The van der Waals surface area contributed by atoms with Crippen molar-refractivity contribution in [1.82, 2.24) is 0 Å². The van der Waals surface area contributed by atoms with Crippen LogP contribution in [0.3, 0.4) is 0 Å². The molecule has 2 aliphatic rings. The van der Waals surface area contributed by atoms with Gasteiger partial charge in [0.15, 0.2) is 6.10 Å². The third-order valence-electron chi connectivity index (χ3n) is 6.17. The van der Waals surface area contributed by atoms with Gasteiger partial charge in [-0.1, -0.05) is 49.4 Å². The summed E-state index contributed by atoms with van der Waals surface area (Å²) in [7, 11) is 0. The van der Waals surface area contributed by atoms with Gasteiger partial charge in [-0.25, -0.2) is 9.96 Å². The molecule has 2 saturated heterocycles. The Bertz CT molecular complexity index is 1210. The van der Waals surface area contributed by atoms with Crippen molar-refractivity contribution in [2.45, 2.75) is 25.5 Å². The van der Waals surface area contributed by atoms with Gasteiger partial charge in [0.05, 0.1) is 22.3 Å². The Balaban J connectivity index is 1.54.